The van der Waals surface area contributed by atoms with Crippen LogP contribution in [-0.2, 0) is 4.79 Å². The third-order valence-electron chi connectivity index (χ3n) is 3.96. The van der Waals surface area contributed by atoms with E-state index in [0.717, 1.165) is 25.3 Å². The van der Waals surface area contributed by atoms with E-state index in [-0.39, 0.29) is 5.91 Å². The zero-order chi connectivity index (χ0) is 11.4. The Morgan fingerprint density at radius 3 is 2.33 bits per heavy atom. The molecular weight excluding hydrogens is 188 g/mol. The highest BCUT2D eigenvalue weighted by Crippen LogP contribution is 2.31. The van der Waals surface area contributed by atoms with E-state index in [1.165, 1.54) is 12.8 Å². The average Bonchev–Trinajstić information content (AvgIpc) is 2.27. The summed E-state index contributed by atoms with van der Waals surface area (Å²) in [6, 6.07) is 0.462. The molecule has 0 aliphatic heterocycles. The Kier molecular flexibility index (Phi) is 4.58. The van der Waals surface area contributed by atoms with Crippen LogP contribution in [0, 0.1) is 11.8 Å². The lowest BCUT2D eigenvalue weighted by Crippen LogP contribution is -2.39. The van der Waals surface area contributed by atoms with Gasteiger partial charge >= 0.3 is 0 Å². The van der Waals surface area contributed by atoms with Crippen molar-refractivity contribution in [1.29, 1.82) is 0 Å². The third-order valence-corrected chi connectivity index (χ3v) is 3.96. The standard InChI is InChI=1S/C12H24N2O/c1-9(8-13)11-4-6-12(7-5-11)14(3)10(2)15/h9,11-12H,4-8,13H2,1-3H3. The number of nitrogens with zero attached hydrogens (tertiary/aromatic N) is 1. The first-order valence-electron chi connectivity index (χ1n) is 5.99. The van der Waals surface area contributed by atoms with Crippen LogP contribution in [0.15, 0.2) is 0 Å². The number of carbonyl (C=O) groups is 1. The van der Waals surface area contributed by atoms with Crippen molar-refractivity contribution in [2.75, 3.05) is 13.6 Å². The van der Waals surface area contributed by atoms with Crippen molar-refractivity contribution in [3.8, 4) is 0 Å². The fourth-order valence-corrected chi connectivity index (χ4v) is 2.51. The van der Waals surface area contributed by atoms with Crippen LogP contribution < -0.4 is 5.73 Å². The average molecular weight is 212 g/mol. The third kappa shape index (κ3) is 3.20. The number of carbonyl (C=O) groups excluding carboxylic acids is 1. The molecule has 88 valence electrons. The van der Waals surface area contributed by atoms with Crippen LogP contribution in [0.25, 0.3) is 0 Å². The summed E-state index contributed by atoms with van der Waals surface area (Å²) < 4.78 is 0. The molecule has 0 heterocycles. The first-order valence-corrected chi connectivity index (χ1v) is 5.99. The van der Waals surface area contributed by atoms with Crippen molar-refractivity contribution in [3.05, 3.63) is 0 Å². The molecule has 1 aliphatic rings. The van der Waals surface area contributed by atoms with Crippen LogP contribution in [0.3, 0.4) is 0 Å². The minimum absolute atomic E-state index is 0.185. The molecule has 15 heavy (non-hydrogen) atoms. The molecule has 1 amide bonds. The molecule has 1 atom stereocenters. The number of amides is 1. The van der Waals surface area contributed by atoms with Gasteiger partial charge in [0, 0.05) is 20.0 Å². The molecule has 0 saturated heterocycles. The Bertz CT molecular complexity index is 210. The summed E-state index contributed by atoms with van der Waals surface area (Å²) in [5.74, 6) is 1.59. The highest BCUT2D eigenvalue weighted by atomic mass is 16.2. The van der Waals surface area contributed by atoms with Crippen LogP contribution in [0.1, 0.15) is 39.5 Å². The summed E-state index contributed by atoms with van der Waals surface area (Å²) in [5, 5.41) is 0. The van der Waals surface area contributed by atoms with Crippen molar-refractivity contribution >= 4 is 5.91 Å². The maximum Gasteiger partial charge on any atom is 0.219 e. The smallest absolute Gasteiger partial charge is 0.219 e. The number of rotatable bonds is 3. The van der Waals surface area contributed by atoms with Crippen LogP contribution >= 0.6 is 0 Å². The second-order valence-corrected chi connectivity index (χ2v) is 4.91. The fourth-order valence-electron chi connectivity index (χ4n) is 2.51. The summed E-state index contributed by atoms with van der Waals surface area (Å²) >= 11 is 0. The molecule has 1 fully saturated rings. The van der Waals surface area contributed by atoms with Gasteiger partial charge in [0.05, 0.1) is 0 Å². The molecule has 1 unspecified atom stereocenters. The van der Waals surface area contributed by atoms with E-state index >= 15 is 0 Å². The van der Waals surface area contributed by atoms with Gasteiger partial charge in [0.2, 0.25) is 5.91 Å². The molecule has 1 aliphatic carbocycles. The van der Waals surface area contributed by atoms with E-state index < -0.39 is 0 Å². The van der Waals surface area contributed by atoms with Gasteiger partial charge in [-0.2, -0.15) is 0 Å². The predicted molar refractivity (Wildman–Crippen MR) is 62.4 cm³/mol. The van der Waals surface area contributed by atoms with Crippen molar-refractivity contribution < 1.29 is 4.79 Å². The molecule has 0 radical (unpaired) electrons. The Hall–Kier alpha value is -0.570. The molecule has 0 bridgehead atoms. The zero-order valence-electron chi connectivity index (χ0n) is 10.2. The first kappa shape index (κ1) is 12.5. The Labute approximate surface area is 93.0 Å². The highest BCUT2D eigenvalue weighted by molar-refractivity contribution is 5.73. The van der Waals surface area contributed by atoms with E-state index in [9.17, 15) is 4.79 Å². The van der Waals surface area contributed by atoms with Crippen molar-refractivity contribution in [2.45, 2.75) is 45.6 Å². The fraction of sp³-hybridized carbons (Fsp3) is 0.917. The maximum atomic E-state index is 11.2. The van der Waals surface area contributed by atoms with Gasteiger partial charge in [-0.1, -0.05) is 6.92 Å². The minimum Gasteiger partial charge on any atom is -0.343 e. The first-order chi connectivity index (χ1) is 7.06. The largest absolute Gasteiger partial charge is 0.343 e. The zero-order valence-corrected chi connectivity index (χ0v) is 10.2. The van der Waals surface area contributed by atoms with E-state index in [0.29, 0.717) is 12.0 Å². The van der Waals surface area contributed by atoms with Crippen molar-refractivity contribution in [1.82, 2.24) is 4.90 Å². The SMILES string of the molecule is CC(=O)N(C)C1CCC(C(C)CN)CC1. The van der Waals surface area contributed by atoms with E-state index in [2.05, 4.69) is 6.92 Å². The van der Waals surface area contributed by atoms with Gasteiger partial charge in [-0.3, -0.25) is 4.79 Å². The van der Waals surface area contributed by atoms with Gasteiger partial charge < -0.3 is 10.6 Å². The molecule has 0 spiro atoms. The molecule has 1 saturated carbocycles. The van der Waals surface area contributed by atoms with Crippen LogP contribution in [0.5, 0.6) is 0 Å². The predicted octanol–water partition coefficient (Wildman–Crippen LogP) is 1.62. The summed E-state index contributed by atoms with van der Waals surface area (Å²) in [6.45, 7) is 4.67. The van der Waals surface area contributed by atoms with E-state index in [1.54, 1.807) is 6.92 Å². The van der Waals surface area contributed by atoms with Crippen molar-refractivity contribution in [2.24, 2.45) is 17.6 Å². The van der Waals surface area contributed by atoms with Gasteiger partial charge in [0.15, 0.2) is 0 Å². The lowest BCUT2D eigenvalue weighted by atomic mass is 9.78. The summed E-state index contributed by atoms with van der Waals surface area (Å²) in [5.41, 5.74) is 5.68. The summed E-state index contributed by atoms with van der Waals surface area (Å²) in [6.07, 6.45) is 4.73. The molecular formula is C12H24N2O. The van der Waals surface area contributed by atoms with E-state index in [4.69, 9.17) is 5.73 Å². The van der Waals surface area contributed by atoms with Gasteiger partial charge in [0.1, 0.15) is 0 Å². The Balaban J connectivity index is 2.38. The van der Waals surface area contributed by atoms with Gasteiger partial charge in [-0.05, 0) is 44.1 Å². The molecule has 0 aromatic heterocycles. The molecule has 1 rings (SSSR count). The number of hydrogen-bond donors (Lipinski definition) is 1. The van der Waals surface area contributed by atoms with Crippen LogP contribution in [-0.4, -0.2) is 30.4 Å². The lowest BCUT2D eigenvalue weighted by Gasteiger charge is -2.36. The molecule has 2 N–H and O–H groups in total. The van der Waals surface area contributed by atoms with Crippen LogP contribution in [0.2, 0.25) is 0 Å². The topological polar surface area (TPSA) is 46.3 Å². The van der Waals surface area contributed by atoms with Crippen LogP contribution in [0.4, 0.5) is 0 Å². The van der Waals surface area contributed by atoms with E-state index in [1.807, 2.05) is 11.9 Å². The van der Waals surface area contributed by atoms with Gasteiger partial charge in [-0.15, -0.1) is 0 Å². The molecule has 0 aromatic rings. The molecule has 3 nitrogen and oxygen atoms in total. The minimum atomic E-state index is 0.185. The van der Waals surface area contributed by atoms with Gasteiger partial charge in [-0.25, -0.2) is 0 Å². The second kappa shape index (κ2) is 5.50. The Morgan fingerprint density at radius 2 is 1.93 bits per heavy atom. The summed E-state index contributed by atoms with van der Waals surface area (Å²) in [4.78, 5) is 13.1. The monoisotopic (exact) mass is 212 g/mol. The quantitative estimate of drug-likeness (QED) is 0.772. The lowest BCUT2D eigenvalue weighted by molar-refractivity contribution is -0.130. The number of nitrogens with two attached hydrogens (primary N) is 1. The highest BCUT2D eigenvalue weighted by Gasteiger charge is 2.27. The summed E-state index contributed by atoms with van der Waals surface area (Å²) in [7, 11) is 1.92. The normalized spacial score (nSPS) is 28.5. The number of hydrogen-bond acceptors (Lipinski definition) is 2. The molecule has 0 aromatic carbocycles. The van der Waals surface area contributed by atoms with Crippen molar-refractivity contribution in [3.63, 3.8) is 0 Å². The second-order valence-electron chi connectivity index (χ2n) is 4.91. The maximum absolute atomic E-state index is 11.2. The van der Waals surface area contributed by atoms with Gasteiger partial charge in [0.25, 0.3) is 0 Å². The Morgan fingerprint density at radius 1 is 1.40 bits per heavy atom. The molecule has 3 heteroatoms.